The third-order valence-corrected chi connectivity index (χ3v) is 2.86. The molecule has 0 spiro atoms. The van der Waals surface area contributed by atoms with Crippen molar-refractivity contribution in [1.82, 2.24) is 5.16 Å². The van der Waals surface area contributed by atoms with Gasteiger partial charge in [0.2, 0.25) is 5.76 Å². The Morgan fingerprint density at radius 3 is 2.58 bits per heavy atom. The molecule has 0 bridgehead atoms. The molecule has 1 aromatic heterocycles. The van der Waals surface area contributed by atoms with E-state index in [9.17, 15) is 10.1 Å². The summed E-state index contributed by atoms with van der Waals surface area (Å²) in [5.41, 5.74) is 2.37. The van der Waals surface area contributed by atoms with Crippen molar-refractivity contribution in [3.05, 3.63) is 57.0 Å². The Bertz CT molecular complexity index is 612. The van der Waals surface area contributed by atoms with E-state index in [0.29, 0.717) is 0 Å². The van der Waals surface area contributed by atoms with Crippen LogP contribution < -0.4 is 0 Å². The van der Waals surface area contributed by atoms with Gasteiger partial charge in [-0.1, -0.05) is 42.4 Å². The van der Waals surface area contributed by atoms with E-state index in [1.807, 2.05) is 24.3 Å². The number of nitrogens with zero attached hydrogens (tertiary/aromatic N) is 2. The van der Waals surface area contributed by atoms with E-state index >= 15 is 0 Å². The average molecular weight is 258 g/mol. The van der Waals surface area contributed by atoms with Gasteiger partial charge in [0.05, 0.1) is 4.92 Å². The van der Waals surface area contributed by atoms with Crippen LogP contribution in [0.4, 0.5) is 5.69 Å². The van der Waals surface area contributed by atoms with Gasteiger partial charge in [-0.05, 0) is 23.6 Å². The van der Waals surface area contributed by atoms with Crippen LogP contribution in [-0.2, 0) is 6.42 Å². The van der Waals surface area contributed by atoms with Crippen molar-refractivity contribution in [2.45, 2.75) is 20.3 Å². The average Bonchev–Trinajstić information content (AvgIpc) is 2.78. The van der Waals surface area contributed by atoms with E-state index in [1.165, 1.54) is 12.5 Å². The summed E-state index contributed by atoms with van der Waals surface area (Å²) in [6, 6.07) is 7.99. The topological polar surface area (TPSA) is 69.2 Å². The highest BCUT2D eigenvalue weighted by Gasteiger charge is 2.21. The second-order valence-electron chi connectivity index (χ2n) is 4.16. The molecule has 5 heteroatoms. The summed E-state index contributed by atoms with van der Waals surface area (Å²) < 4.78 is 4.84. The van der Waals surface area contributed by atoms with Gasteiger partial charge in [-0.2, -0.15) is 0 Å². The number of nitro groups is 1. The molecule has 1 aromatic carbocycles. The number of hydrogen-bond donors (Lipinski definition) is 0. The Morgan fingerprint density at radius 1 is 1.32 bits per heavy atom. The van der Waals surface area contributed by atoms with Gasteiger partial charge in [0.15, 0.2) is 5.69 Å². The van der Waals surface area contributed by atoms with Crippen LogP contribution >= 0.6 is 0 Å². The molecule has 0 aliphatic rings. The molecule has 19 heavy (non-hydrogen) atoms. The molecule has 0 radical (unpaired) electrons. The van der Waals surface area contributed by atoms with Gasteiger partial charge in [0.25, 0.3) is 0 Å². The molecule has 0 saturated heterocycles. The number of rotatable bonds is 4. The first-order valence-corrected chi connectivity index (χ1v) is 5.99. The van der Waals surface area contributed by atoms with Gasteiger partial charge in [-0.25, -0.2) is 0 Å². The minimum absolute atomic E-state index is 0.0820. The molecule has 0 saturated carbocycles. The molecule has 0 atom stereocenters. The summed E-state index contributed by atoms with van der Waals surface area (Å²) in [6.45, 7) is 3.62. The Hall–Kier alpha value is -2.43. The number of benzene rings is 1. The van der Waals surface area contributed by atoms with Crippen LogP contribution in [0.3, 0.4) is 0 Å². The normalized spacial score (nSPS) is 11.1. The fraction of sp³-hybridized carbons (Fsp3) is 0.214. The molecule has 1 heterocycles. The number of hydrogen-bond acceptors (Lipinski definition) is 4. The predicted molar refractivity (Wildman–Crippen MR) is 72.6 cm³/mol. The lowest BCUT2D eigenvalue weighted by molar-refractivity contribution is -0.386. The summed E-state index contributed by atoms with van der Waals surface area (Å²) in [7, 11) is 0. The summed E-state index contributed by atoms with van der Waals surface area (Å²) in [5, 5.41) is 14.6. The molecular formula is C14H14N2O3. The van der Waals surface area contributed by atoms with Gasteiger partial charge >= 0.3 is 5.69 Å². The van der Waals surface area contributed by atoms with Crippen LogP contribution in [0.5, 0.6) is 0 Å². The molecular weight excluding hydrogens is 244 g/mol. The van der Waals surface area contributed by atoms with Crippen molar-refractivity contribution >= 4 is 17.8 Å². The van der Waals surface area contributed by atoms with Crippen LogP contribution in [0.1, 0.15) is 29.5 Å². The Morgan fingerprint density at radius 2 is 2.00 bits per heavy atom. The highest BCUT2D eigenvalue weighted by Crippen LogP contribution is 2.24. The maximum Gasteiger partial charge on any atom is 0.338 e. The first-order valence-electron chi connectivity index (χ1n) is 5.99. The maximum absolute atomic E-state index is 10.9. The summed E-state index contributed by atoms with van der Waals surface area (Å²) >= 11 is 0. The first kappa shape index (κ1) is 13.0. The van der Waals surface area contributed by atoms with Crippen molar-refractivity contribution in [3.8, 4) is 0 Å². The zero-order valence-electron chi connectivity index (χ0n) is 10.8. The standard InChI is InChI=1S/C14H14N2O3/c1-3-11-4-6-12(7-5-11)8-9-13-14(16(17)18)10(2)19-15-13/h4-9H,3H2,1-2H3/b9-8+. The monoisotopic (exact) mass is 258 g/mol. The van der Waals surface area contributed by atoms with Gasteiger partial charge in [0.1, 0.15) is 0 Å². The second kappa shape index (κ2) is 5.48. The third-order valence-electron chi connectivity index (χ3n) is 2.86. The van der Waals surface area contributed by atoms with E-state index in [0.717, 1.165) is 12.0 Å². The second-order valence-corrected chi connectivity index (χ2v) is 4.16. The van der Waals surface area contributed by atoms with E-state index in [-0.39, 0.29) is 17.1 Å². The van der Waals surface area contributed by atoms with E-state index in [1.54, 1.807) is 12.2 Å². The Kier molecular flexibility index (Phi) is 3.75. The number of aryl methyl sites for hydroxylation is 2. The van der Waals surface area contributed by atoms with E-state index in [4.69, 9.17) is 4.52 Å². The Labute approximate surface area is 110 Å². The van der Waals surface area contributed by atoms with E-state index < -0.39 is 4.92 Å². The smallest absolute Gasteiger partial charge is 0.338 e. The van der Waals surface area contributed by atoms with Gasteiger partial charge in [-0.15, -0.1) is 0 Å². The van der Waals surface area contributed by atoms with Crippen LogP contribution in [-0.4, -0.2) is 10.1 Å². The largest absolute Gasteiger partial charge is 0.354 e. The molecule has 0 fully saturated rings. The minimum atomic E-state index is -0.480. The van der Waals surface area contributed by atoms with Crippen LogP contribution in [0.25, 0.3) is 12.2 Å². The molecule has 2 aromatic rings. The predicted octanol–water partition coefficient (Wildman–Crippen LogP) is 3.62. The van der Waals surface area contributed by atoms with Crippen LogP contribution in [0.2, 0.25) is 0 Å². The van der Waals surface area contributed by atoms with Gasteiger partial charge in [-0.3, -0.25) is 10.1 Å². The molecule has 0 aliphatic carbocycles. The molecule has 0 N–H and O–H groups in total. The van der Waals surface area contributed by atoms with Crippen LogP contribution in [0, 0.1) is 17.0 Å². The first-order chi connectivity index (χ1) is 9.11. The summed E-state index contributed by atoms with van der Waals surface area (Å²) in [4.78, 5) is 10.4. The molecule has 0 amide bonds. The zero-order valence-corrected chi connectivity index (χ0v) is 10.8. The quantitative estimate of drug-likeness (QED) is 0.620. The van der Waals surface area contributed by atoms with Crippen molar-refractivity contribution in [2.75, 3.05) is 0 Å². The lowest BCUT2D eigenvalue weighted by atomic mass is 10.1. The lowest BCUT2D eigenvalue weighted by Gasteiger charge is -1.96. The lowest BCUT2D eigenvalue weighted by Crippen LogP contribution is -1.90. The van der Waals surface area contributed by atoms with Crippen LogP contribution in [0.15, 0.2) is 28.8 Å². The van der Waals surface area contributed by atoms with Crippen molar-refractivity contribution < 1.29 is 9.45 Å². The van der Waals surface area contributed by atoms with Gasteiger partial charge < -0.3 is 4.52 Å². The molecule has 98 valence electrons. The molecule has 0 unspecified atom stereocenters. The summed E-state index contributed by atoms with van der Waals surface area (Å²) in [5.74, 6) is 0.214. The SMILES string of the molecule is CCc1ccc(/C=C/c2noc(C)c2[N+](=O)[O-])cc1. The van der Waals surface area contributed by atoms with Crippen molar-refractivity contribution in [2.24, 2.45) is 0 Å². The highest BCUT2D eigenvalue weighted by molar-refractivity contribution is 5.72. The molecule has 2 rings (SSSR count). The van der Waals surface area contributed by atoms with Crippen molar-refractivity contribution in [1.29, 1.82) is 0 Å². The molecule has 5 nitrogen and oxygen atoms in total. The molecule has 0 aliphatic heterocycles. The zero-order chi connectivity index (χ0) is 13.8. The minimum Gasteiger partial charge on any atom is -0.354 e. The number of aromatic nitrogens is 1. The highest BCUT2D eigenvalue weighted by atomic mass is 16.6. The van der Waals surface area contributed by atoms with E-state index in [2.05, 4.69) is 12.1 Å². The summed E-state index contributed by atoms with van der Waals surface area (Å²) in [6.07, 6.45) is 4.36. The Balaban J connectivity index is 2.24. The van der Waals surface area contributed by atoms with Gasteiger partial charge in [0, 0.05) is 6.92 Å². The third kappa shape index (κ3) is 2.88. The van der Waals surface area contributed by atoms with Crippen molar-refractivity contribution in [3.63, 3.8) is 0 Å². The maximum atomic E-state index is 10.9. The fourth-order valence-electron chi connectivity index (χ4n) is 1.76. The fourth-order valence-corrected chi connectivity index (χ4v) is 1.76.